The van der Waals surface area contributed by atoms with E-state index in [0.717, 1.165) is 21.2 Å². The van der Waals surface area contributed by atoms with Crippen molar-refractivity contribution in [3.63, 3.8) is 0 Å². The molecule has 0 saturated heterocycles. The van der Waals surface area contributed by atoms with Crippen LogP contribution in [0.1, 0.15) is 0 Å². The van der Waals surface area contributed by atoms with Gasteiger partial charge >= 0.3 is 0 Å². The van der Waals surface area contributed by atoms with Crippen molar-refractivity contribution in [2.45, 2.75) is 4.90 Å². The molecular weight excluding hydrogens is 256 g/mol. The highest BCUT2D eigenvalue weighted by Crippen LogP contribution is 2.36. The van der Waals surface area contributed by atoms with Crippen molar-refractivity contribution in [1.82, 2.24) is 4.98 Å². The van der Waals surface area contributed by atoms with E-state index in [9.17, 15) is 9.90 Å². The summed E-state index contributed by atoms with van der Waals surface area (Å²) in [5, 5.41) is 14.4. The van der Waals surface area contributed by atoms with Gasteiger partial charge in [0.25, 0.3) is 0 Å². The summed E-state index contributed by atoms with van der Waals surface area (Å²) in [6, 6.07) is 5.80. The monoisotopic (exact) mass is 264 g/mol. The largest absolute Gasteiger partial charge is 0.493 e. The average Bonchev–Trinajstić information content (AvgIpc) is 2.75. The Kier molecular flexibility index (Phi) is 2.53. The Morgan fingerprint density at radius 1 is 1.41 bits per heavy atom. The molecule has 17 heavy (non-hydrogen) atoms. The van der Waals surface area contributed by atoms with E-state index in [1.165, 1.54) is 23.1 Å². The number of nitrogens with zero attached hydrogens (tertiary/aromatic N) is 1. The first-order chi connectivity index (χ1) is 8.22. The summed E-state index contributed by atoms with van der Waals surface area (Å²) in [5.74, 6) is 0.507. The van der Waals surface area contributed by atoms with E-state index in [1.807, 2.05) is 18.2 Å². The number of hydrogen-bond acceptors (Lipinski definition) is 5. The van der Waals surface area contributed by atoms with Gasteiger partial charge in [0.1, 0.15) is 5.01 Å². The van der Waals surface area contributed by atoms with E-state index in [2.05, 4.69) is 10.3 Å². The number of aromatic nitrogens is 1. The smallest absolute Gasteiger partial charge is 0.234 e. The van der Waals surface area contributed by atoms with Crippen LogP contribution in [0.15, 0.2) is 28.5 Å². The van der Waals surface area contributed by atoms with Gasteiger partial charge in [0.15, 0.2) is 0 Å². The van der Waals surface area contributed by atoms with E-state index < -0.39 is 0 Å². The molecule has 1 aliphatic heterocycles. The number of anilines is 1. The third kappa shape index (κ3) is 2.01. The first-order valence-electron chi connectivity index (χ1n) is 4.94. The maximum absolute atomic E-state index is 11.3. The van der Waals surface area contributed by atoms with Crippen LogP contribution in [0.2, 0.25) is 0 Å². The van der Waals surface area contributed by atoms with Crippen molar-refractivity contribution >= 4 is 34.7 Å². The first-order valence-corrected chi connectivity index (χ1v) is 6.80. The highest BCUT2D eigenvalue weighted by atomic mass is 32.2. The number of fused-ring (bicyclic) bond motifs is 1. The number of carbonyl (C=O) groups is 1. The summed E-state index contributed by atoms with van der Waals surface area (Å²) in [5.41, 5.74) is 1.72. The first kappa shape index (κ1) is 10.6. The van der Waals surface area contributed by atoms with Crippen molar-refractivity contribution in [3.05, 3.63) is 23.6 Å². The zero-order chi connectivity index (χ0) is 11.8. The molecule has 86 valence electrons. The van der Waals surface area contributed by atoms with Crippen molar-refractivity contribution < 1.29 is 9.90 Å². The SMILES string of the molecule is O=C1CSc2ccc(-c3nc(O)cs3)cc2N1. The lowest BCUT2D eigenvalue weighted by atomic mass is 10.2. The minimum absolute atomic E-state index is 0.0154. The fraction of sp³-hybridized carbons (Fsp3) is 0.0909. The normalized spacial score (nSPS) is 14.2. The van der Waals surface area contributed by atoms with Gasteiger partial charge in [-0.15, -0.1) is 23.1 Å². The van der Waals surface area contributed by atoms with Crippen molar-refractivity contribution in [3.8, 4) is 16.5 Å². The highest BCUT2D eigenvalue weighted by Gasteiger charge is 2.16. The van der Waals surface area contributed by atoms with Crippen LogP contribution < -0.4 is 5.32 Å². The Morgan fingerprint density at radius 2 is 2.29 bits per heavy atom. The molecule has 3 rings (SSSR count). The second-order valence-corrected chi connectivity index (χ2v) is 5.43. The maximum Gasteiger partial charge on any atom is 0.234 e. The molecule has 6 heteroatoms. The number of rotatable bonds is 1. The van der Waals surface area contributed by atoms with Crippen LogP contribution in [-0.2, 0) is 4.79 Å². The molecule has 1 amide bonds. The topological polar surface area (TPSA) is 62.2 Å². The predicted octanol–water partition coefficient (Wildman–Crippen LogP) is 2.56. The number of thiazole rings is 1. The molecule has 2 aromatic rings. The number of aromatic hydroxyl groups is 1. The van der Waals surface area contributed by atoms with Gasteiger partial charge in [0, 0.05) is 10.5 Å². The van der Waals surface area contributed by atoms with Crippen LogP contribution in [-0.4, -0.2) is 21.8 Å². The highest BCUT2D eigenvalue weighted by molar-refractivity contribution is 8.00. The van der Waals surface area contributed by atoms with Gasteiger partial charge in [-0.05, 0) is 12.1 Å². The van der Waals surface area contributed by atoms with Gasteiger partial charge in [-0.25, -0.2) is 4.98 Å². The van der Waals surface area contributed by atoms with E-state index in [1.54, 1.807) is 5.38 Å². The molecule has 1 aliphatic rings. The fourth-order valence-corrected chi connectivity index (χ4v) is 3.08. The number of hydrogen-bond donors (Lipinski definition) is 2. The van der Waals surface area contributed by atoms with Crippen LogP contribution in [0, 0.1) is 0 Å². The average molecular weight is 264 g/mol. The van der Waals surface area contributed by atoms with Gasteiger partial charge in [0.2, 0.25) is 11.8 Å². The molecule has 0 spiro atoms. The Labute approximate surface area is 106 Å². The lowest BCUT2D eigenvalue weighted by Gasteiger charge is -2.16. The summed E-state index contributed by atoms with van der Waals surface area (Å²) in [6.07, 6.45) is 0. The molecule has 0 radical (unpaired) electrons. The number of amides is 1. The molecule has 0 fully saturated rings. The zero-order valence-corrected chi connectivity index (χ0v) is 10.3. The Balaban J connectivity index is 2.03. The number of nitrogens with one attached hydrogen (secondary N) is 1. The molecule has 1 aromatic heterocycles. The van der Waals surface area contributed by atoms with E-state index in [4.69, 9.17) is 0 Å². The molecule has 0 bridgehead atoms. The number of carbonyl (C=O) groups excluding carboxylic acids is 1. The van der Waals surface area contributed by atoms with E-state index in [0.29, 0.717) is 5.75 Å². The predicted molar refractivity (Wildman–Crippen MR) is 68.6 cm³/mol. The Morgan fingerprint density at radius 3 is 3.06 bits per heavy atom. The van der Waals surface area contributed by atoms with Crippen LogP contribution >= 0.6 is 23.1 Å². The third-order valence-electron chi connectivity index (χ3n) is 2.35. The van der Waals surface area contributed by atoms with Gasteiger partial charge in [-0.3, -0.25) is 4.79 Å². The Hall–Kier alpha value is -1.53. The summed E-state index contributed by atoms with van der Waals surface area (Å²) in [6.45, 7) is 0. The lowest BCUT2D eigenvalue weighted by molar-refractivity contribution is -0.113. The fourth-order valence-electron chi connectivity index (χ4n) is 1.61. The summed E-state index contributed by atoms with van der Waals surface area (Å²) >= 11 is 2.90. The molecule has 1 aromatic carbocycles. The van der Waals surface area contributed by atoms with Crippen LogP contribution in [0.3, 0.4) is 0 Å². The molecule has 0 atom stereocenters. The Bertz CT molecular complexity index is 595. The van der Waals surface area contributed by atoms with Gasteiger partial charge in [-0.2, -0.15) is 0 Å². The molecule has 2 N–H and O–H groups in total. The summed E-state index contributed by atoms with van der Waals surface area (Å²) in [4.78, 5) is 16.4. The van der Waals surface area contributed by atoms with Gasteiger partial charge in [0.05, 0.1) is 16.8 Å². The van der Waals surface area contributed by atoms with Crippen molar-refractivity contribution in [2.75, 3.05) is 11.1 Å². The lowest BCUT2D eigenvalue weighted by Crippen LogP contribution is -2.18. The van der Waals surface area contributed by atoms with Crippen LogP contribution in [0.5, 0.6) is 5.88 Å². The minimum atomic E-state index is 0.0154. The van der Waals surface area contributed by atoms with Gasteiger partial charge < -0.3 is 10.4 Å². The van der Waals surface area contributed by atoms with E-state index >= 15 is 0 Å². The summed E-state index contributed by atoms with van der Waals surface area (Å²) in [7, 11) is 0. The molecule has 4 nitrogen and oxygen atoms in total. The second-order valence-electron chi connectivity index (χ2n) is 3.56. The standard InChI is InChI=1S/C11H8N2O2S2/c14-9-4-16-8-2-1-6(3-7(8)12-9)11-13-10(15)5-17-11/h1-3,5,15H,4H2,(H,12,14). The van der Waals surface area contributed by atoms with Crippen LogP contribution in [0.25, 0.3) is 10.6 Å². The van der Waals surface area contributed by atoms with E-state index in [-0.39, 0.29) is 11.8 Å². The second kappa shape index (κ2) is 4.05. The third-order valence-corrected chi connectivity index (χ3v) is 4.30. The van der Waals surface area contributed by atoms with Crippen molar-refractivity contribution in [1.29, 1.82) is 0 Å². The molecule has 0 unspecified atom stereocenters. The maximum atomic E-state index is 11.3. The molecule has 0 saturated carbocycles. The molecular formula is C11H8N2O2S2. The van der Waals surface area contributed by atoms with Gasteiger partial charge in [-0.1, -0.05) is 6.07 Å². The quantitative estimate of drug-likeness (QED) is 0.831. The van der Waals surface area contributed by atoms with Crippen molar-refractivity contribution in [2.24, 2.45) is 0 Å². The number of benzene rings is 1. The molecule has 2 heterocycles. The minimum Gasteiger partial charge on any atom is -0.493 e. The zero-order valence-electron chi connectivity index (χ0n) is 8.64. The summed E-state index contributed by atoms with van der Waals surface area (Å²) < 4.78 is 0. The van der Waals surface area contributed by atoms with Crippen LogP contribution in [0.4, 0.5) is 5.69 Å². The molecule has 0 aliphatic carbocycles. The number of thioether (sulfide) groups is 1.